The maximum Gasteiger partial charge on any atom is 0.191 e. The summed E-state index contributed by atoms with van der Waals surface area (Å²) < 4.78 is 2.40. The molecule has 32 heavy (non-hydrogen) atoms. The molecule has 1 aromatic carbocycles. The first-order chi connectivity index (χ1) is 15.3. The van der Waals surface area contributed by atoms with Crippen molar-refractivity contribution >= 4 is 47.4 Å². The number of thioether (sulfide) groups is 1. The Balaban J connectivity index is 0.00000289. The summed E-state index contributed by atoms with van der Waals surface area (Å²) in [5, 5.41) is 17.1. The molecule has 0 amide bonds. The third-order valence-electron chi connectivity index (χ3n) is 6.35. The molecule has 1 aromatic heterocycles. The van der Waals surface area contributed by atoms with Crippen molar-refractivity contribution in [3.8, 4) is 0 Å². The zero-order chi connectivity index (χ0) is 21.5. The van der Waals surface area contributed by atoms with Gasteiger partial charge in [0.25, 0.3) is 0 Å². The van der Waals surface area contributed by atoms with Crippen LogP contribution >= 0.6 is 35.7 Å². The van der Waals surface area contributed by atoms with Crippen LogP contribution in [0.5, 0.6) is 0 Å². The average Bonchev–Trinajstić information content (AvgIpc) is 3.57. The van der Waals surface area contributed by atoms with Crippen molar-refractivity contribution < 1.29 is 0 Å². The van der Waals surface area contributed by atoms with Crippen LogP contribution in [0.2, 0.25) is 0 Å². The highest BCUT2D eigenvalue weighted by Crippen LogP contribution is 2.33. The zero-order valence-electron chi connectivity index (χ0n) is 19.2. The number of nitrogens with one attached hydrogen (secondary N) is 2. The Morgan fingerprint density at radius 2 is 1.94 bits per heavy atom. The molecule has 1 aliphatic carbocycles. The van der Waals surface area contributed by atoms with Crippen molar-refractivity contribution in [2.24, 2.45) is 4.99 Å². The van der Waals surface area contributed by atoms with Gasteiger partial charge in [-0.05, 0) is 44.1 Å². The molecule has 0 radical (unpaired) electrons. The van der Waals surface area contributed by atoms with Crippen LogP contribution in [0.15, 0.2) is 40.5 Å². The van der Waals surface area contributed by atoms with Gasteiger partial charge in [0.15, 0.2) is 11.1 Å². The molecule has 4 rings (SSSR count). The van der Waals surface area contributed by atoms with E-state index >= 15 is 0 Å². The van der Waals surface area contributed by atoms with E-state index in [9.17, 15) is 0 Å². The summed E-state index contributed by atoms with van der Waals surface area (Å²) in [6, 6.07) is 11.6. The Hall–Kier alpha value is -1.49. The summed E-state index contributed by atoms with van der Waals surface area (Å²) in [7, 11) is 1.85. The monoisotopic (exact) mass is 569 g/mol. The Labute approximate surface area is 213 Å². The van der Waals surface area contributed by atoms with Crippen molar-refractivity contribution in [2.75, 3.05) is 37.8 Å². The zero-order valence-corrected chi connectivity index (χ0v) is 22.3. The molecule has 0 bridgehead atoms. The second kappa shape index (κ2) is 12.7. The molecule has 1 saturated heterocycles. The number of guanidine groups is 1. The summed E-state index contributed by atoms with van der Waals surface area (Å²) >= 11 is 1.71. The number of nitrogens with zero attached hydrogens (tertiary/aromatic N) is 5. The highest BCUT2D eigenvalue weighted by atomic mass is 127. The molecule has 2 heterocycles. The standard InChI is InChI=1S/C23H35N7S.HI/c1-24-22(26-18-14-16-29(17-18)19-9-4-3-5-10-19)25-15-8-13-21-27-28-23(31-2)30(21)20-11-6-7-12-20;/h3-5,9-10,18,20H,6-8,11-17H2,1-2H3,(H2,24,25,26);1H. The van der Waals surface area contributed by atoms with Crippen LogP contribution in [0, 0.1) is 0 Å². The van der Waals surface area contributed by atoms with Crippen LogP contribution in [0.3, 0.4) is 0 Å². The number of aromatic nitrogens is 3. The minimum atomic E-state index is 0. The number of hydrogen-bond donors (Lipinski definition) is 2. The van der Waals surface area contributed by atoms with Crippen molar-refractivity contribution in [2.45, 2.75) is 62.2 Å². The largest absolute Gasteiger partial charge is 0.369 e. The van der Waals surface area contributed by atoms with Gasteiger partial charge < -0.3 is 20.1 Å². The first kappa shape index (κ1) is 25.1. The van der Waals surface area contributed by atoms with Crippen LogP contribution in [0.25, 0.3) is 0 Å². The topological polar surface area (TPSA) is 70.4 Å². The van der Waals surface area contributed by atoms with Gasteiger partial charge in [-0.25, -0.2) is 0 Å². The number of hydrogen-bond acceptors (Lipinski definition) is 5. The second-order valence-corrected chi connectivity index (χ2v) is 9.20. The van der Waals surface area contributed by atoms with E-state index in [1.54, 1.807) is 11.8 Å². The van der Waals surface area contributed by atoms with E-state index in [4.69, 9.17) is 0 Å². The summed E-state index contributed by atoms with van der Waals surface area (Å²) in [5.41, 5.74) is 1.30. The highest BCUT2D eigenvalue weighted by molar-refractivity contribution is 14.0. The van der Waals surface area contributed by atoms with Gasteiger partial charge in [-0.15, -0.1) is 34.2 Å². The van der Waals surface area contributed by atoms with Gasteiger partial charge in [0.05, 0.1) is 0 Å². The molecule has 1 aliphatic heterocycles. The lowest BCUT2D eigenvalue weighted by Crippen LogP contribution is -2.45. The molecule has 2 aliphatic rings. The summed E-state index contributed by atoms with van der Waals surface area (Å²) in [6.45, 7) is 2.96. The lowest BCUT2D eigenvalue weighted by Gasteiger charge is -2.20. The maximum absolute atomic E-state index is 4.50. The first-order valence-electron chi connectivity index (χ1n) is 11.5. The number of rotatable bonds is 8. The van der Waals surface area contributed by atoms with Gasteiger partial charge >= 0.3 is 0 Å². The quantitative estimate of drug-likeness (QED) is 0.164. The molecule has 2 aromatic rings. The van der Waals surface area contributed by atoms with Crippen molar-refractivity contribution in [3.05, 3.63) is 36.2 Å². The second-order valence-electron chi connectivity index (χ2n) is 8.43. The van der Waals surface area contributed by atoms with Crippen LogP contribution in [0.1, 0.15) is 50.4 Å². The molecule has 176 valence electrons. The van der Waals surface area contributed by atoms with Crippen LogP contribution in [-0.4, -0.2) is 59.7 Å². The molecule has 2 N–H and O–H groups in total. The Morgan fingerprint density at radius 1 is 1.16 bits per heavy atom. The van der Waals surface area contributed by atoms with E-state index in [0.29, 0.717) is 12.1 Å². The minimum Gasteiger partial charge on any atom is -0.369 e. The third kappa shape index (κ3) is 6.30. The predicted molar refractivity (Wildman–Crippen MR) is 145 cm³/mol. The molecule has 1 unspecified atom stereocenters. The van der Waals surface area contributed by atoms with E-state index in [1.807, 2.05) is 7.05 Å². The van der Waals surface area contributed by atoms with Crippen LogP contribution in [-0.2, 0) is 6.42 Å². The lowest BCUT2D eigenvalue weighted by molar-refractivity contribution is 0.460. The molecule has 0 spiro atoms. The van der Waals surface area contributed by atoms with Gasteiger partial charge in [0.2, 0.25) is 0 Å². The molecular weight excluding hydrogens is 533 g/mol. The number of halogens is 1. The average molecular weight is 570 g/mol. The van der Waals surface area contributed by atoms with Gasteiger partial charge in [-0.2, -0.15) is 0 Å². The minimum absolute atomic E-state index is 0. The molecule has 2 fully saturated rings. The Kier molecular flexibility index (Phi) is 9.95. The molecule has 7 nitrogen and oxygen atoms in total. The van der Waals surface area contributed by atoms with Gasteiger partial charge in [0.1, 0.15) is 5.82 Å². The summed E-state index contributed by atoms with van der Waals surface area (Å²) in [4.78, 5) is 6.87. The van der Waals surface area contributed by atoms with E-state index in [0.717, 1.165) is 55.8 Å². The Morgan fingerprint density at radius 3 is 2.66 bits per heavy atom. The van der Waals surface area contributed by atoms with Gasteiger partial charge in [-0.3, -0.25) is 4.99 Å². The number of para-hydroxylation sites is 1. The smallest absolute Gasteiger partial charge is 0.191 e. The summed E-state index contributed by atoms with van der Waals surface area (Å²) in [6.07, 6.45) is 10.3. The van der Waals surface area contributed by atoms with Gasteiger partial charge in [-0.1, -0.05) is 42.8 Å². The van der Waals surface area contributed by atoms with Crippen molar-refractivity contribution in [1.82, 2.24) is 25.4 Å². The van der Waals surface area contributed by atoms with Crippen molar-refractivity contribution in [3.63, 3.8) is 0 Å². The van der Waals surface area contributed by atoms with Gasteiger partial charge in [0, 0.05) is 50.9 Å². The lowest BCUT2D eigenvalue weighted by atomic mass is 10.2. The molecule has 1 saturated carbocycles. The summed E-state index contributed by atoms with van der Waals surface area (Å²) in [5.74, 6) is 2.03. The highest BCUT2D eigenvalue weighted by Gasteiger charge is 2.24. The van der Waals surface area contributed by atoms with E-state index in [-0.39, 0.29) is 24.0 Å². The molecule has 1 atom stereocenters. The third-order valence-corrected chi connectivity index (χ3v) is 6.99. The first-order valence-corrected chi connectivity index (χ1v) is 12.8. The van der Waals surface area contributed by atoms with Crippen molar-refractivity contribution in [1.29, 1.82) is 0 Å². The van der Waals surface area contributed by atoms with Crippen LogP contribution in [0.4, 0.5) is 5.69 Å². The SMILES string of the molecule is CN=C(NCCCc1nnc(SC)n1C1CCCC1)NC1CCN(c2ccccc2)C1.I. The van der Waals surface area contributed by atoms with Crippen LogP contribution < -0.4 is 15.5 Å². The number of aliphatic imine (C=N–C) groups is 1. The number of aryl methyl sites for hydroxylation is 1. The Bertz CT molecular complexity index is 851. The fourth-order valence-electron chi connectivity index (χ4n) is 4.74. The molecular formula is C23H36IN7S. The van der Waals surface area contributed by atoms with E-state index in [2.05, 4.69) is 71.9 Å². The normalized spacial score (nSPS) is 19.2. The fraction of sp³-hybridized carbons (Fsp3) is 0.609. The van der Waals surface area contributed by atoms with E-state index in [1.165, 1.54) is 31.4 Å². The number of benzene rings is 1. The maximum atomic E-state index is 4.50. The fourth-order valence-corrected chi connectivity index (χ4v) is 5.31. The molecule has 9 heteroatoms. The number of anilines is 1. The predicted octanol–water partition coefficient (Wildman–Crippen LogP) is 4.11. The van der Waals surface area contributed by atoms with E-state index < -0.39 is 0 Å².